The zero-order valence-electron chi connectivity index (χ0n) is 4.77. The second-order valence-electron chi connectivity index (χ2n) is 1.55. The Bertz CT molecular complexity index is 236. The predicted molar refractivity (Wildman–Crippen MR) is 39.3 cm³/mol. The van der Waals surface area contributed by atoms with Crippen LogP contribution in [0.4, 0.5) is 8.78 Å². The van der Waals surface area contributed by atoms with E-state index in [9.17, 15) is 8.78 Å². The maximum Gasteiger partial charge on any atom is 0.226 e. The summed E-state index contributed by atoms with van der Waals surface area (Å²) in [6, 6.07) is 3.08. The quantitative estimate of drug-likeness (QED) is 0.620. The molecule has 10 heavy (non-hydrogen) atoms. The number of hydrogen-bond donors (Lipinski definition) is 0. The minimum absolute atomic E-state index is 0.215. The van der Waals surface area contributed by atoms with Crippen molar-refractivity contribution in [2.75, 3.05) is 0 Å². The molecule has 0 N–H and O–H groups in total. The van der Waals surface area contributed by atoms with Gasteiger partial charge >= 0.3 is 0 Å². The third kappa shape index (κ3) is 1.55. The summed E-state index contributed by atoms with van der Waals surface area (Å²) in [5.41, 5.74) is 0. The Kier molecular flexibility index (Phi) is 2.40. The Morgan fingerprint density at radius 2 is 2.20 bits per heavy atom. The van der Waals surface area contributed by atoms with Gasteiger partial charge in [0.05, 0.1) is 4.88 Å². The number of thiophene rings is 1. The van der Waals surface area contributed by atoms with E-state index in [1.165, 1.54) is 6.07 Å². The molecule has 4 heteroatoms. The van der Waals surface area contributed by atoms with Crippen LogP contribution >= 0.6 is 22.9 Å². The highest BCUT2D eigenvalue weighted by Crippen LogP contribution is 2.26. The molecule has 1 aromatic rings. The smallest absolute Gasteiger partial charge is 0.201 e. The maximum absolute atomic E-state index is 12.5. The van der Waals surface area contributed by atoms with Crippen LogP contribution in [0.15, 0.2) is 22.8 Å². The Balaban J connectivity index is 2.99. The molecule has 0 unspecified atom stereocenters. The Morgan fingerprint density at radius 3 is 2.60 bits per heavy atom. The molecule has 0 radical (unpaired) electrons. The van der Waals surface area contributed by atoms with Gasteiger partial charge in [0.2, 0.25) is 5.29 Å². The zero-order valence-corrected chi connectivity index (χ0v) is 6.35. The Hall–Kier alpha value is -0.410. The monoisotopic (exact) mass is 180 g/mol. The lowest BCUT2D eigenvalue weighted by Gasteiger charge is -1.87. The van der Waals surface area contributed by atoms with Crippen LogP contribution in [-0.2, 0) is 0 Å². The molecule has 0 aliphatic heterocycles. The minimum Gasteiger partial charge on any atom is -0.201 e. The third-order valence-corrected chi connectivity index (χ3v) is 1.93. The molecule has 54 valence electrons. The Morgan fingerprint density at radius 1 is 1.50 bits per heavy atom. The summed E-state index contributed by atoms with van der Waals surface area (Å²) in [5.74, 6) is -0.989. The van der Waals surface area contributed by atoms with Crippen molar-refractivity contribution in [3.05, 3.63) is 27.7 Å². The standard InChI is InChI=1S/C6H3ClF2S/c7-6(9)5(8)4-2-1-3-10-4/h1-3H. The van der Waals surface area contributed by atoms with Gasteiger partial charge in [-0.3, -0.25) is 0 Å². The summed E-state index contributed by atoms with van der Waals surface area (Å²) in [5, 5.41) is 0.358. The van der Waals surface area contributed by atoms with E-state index in [0.29, 0.717) is 0 Å². The first-order valence-electron chi connectivity index (χ1n) is 2.46. The first kappa shape index (κ1) is 7.69. The fraction of sp³-hybridized carbons (Fsp3) is 0. The summed E-state index contributed by atoms with van der Waals surface area (Å²) in [6.45, 7) is 0. The van der Waals surface area contributed by atoms with Crippen molar-refractivity contribution in [3.63, 3.8) is 0 Å². The minimum atomic E-state index is -1.29. The van der Waals surface area contributed by atoms with E-state index in [-0.39, 0.29) is 4.88 Å². The molecule has 0 atom stereocenters. The highest BCUT2D eigenvalue weighted by atomic mass is 35.5. The molecule has 0 amide bonds. The molecule has 0 aliphatic carbocycles. The van der Waals surface area contributed by atoms with Gasteiger partial charge in [0.15, 0.2) is 5.83 Å². The summed E-state index contributed by atoms with van der Waals surface area (Å²) < 4.78 is 24.4. The van der Waals surface area contributed by atoms with Crippen molar-refractivity contribution in [2.45, 2.75) is 0 Å². The molecule has 0 saturated carbocycles. The fourth-order valence-electron chi connectivity index (χ4n) is 0.497. The van der Waals surface area contributed by atoms with Gasteiger partial charge < -0.3 is 0 Å². The van der Waals surface area contributed by atoms with Crippen LogP contribution in [0.2, 0.25) is 0 Å². The Labute approximate surface area is 65.7 Å². The molecule has 1 rings (SSSR count). The molecule has 0 aromatic carbocycles. The van der Waals surface area contributed by atoms with Crippen molar-refractivity contribution in [1.82, 2.24) is 0 Å². The van der Waals surface area contributed by atoms with Gasteiger partial charge in [0.1, 0.15) is 0 Å². The average Bonchev–Trinajstić information content (AvgIpc) is 2.36. The van der Waals surface area contributed by atoms with Crippen LogP contribution in [0.25, 0.3) is 5.83 Å². The van der Waals surface area contributed by atoms with Gasteiger partial charge in [-0.15, -0.1) is 11.3 Å². The molecule has 1 heterocycles. The average molecular weight is 181 g/mol. The maximum atomic E-state index is 12.5. The summed E-state index contributed by atoms with van der Waals surface area (Å²) in [7, 11) is 0. The van der Waals surface area contributed by atoms with Gasteiger partial charge in [-0.1, -0.05) is 6.07 Å². The summed E-state index contributed by atoms with van der Waals surface area (Å²) in [6.07, 6.45) is 0. The number of halogens is 3. The van der Waals surface area contributed by atoms with E-state index in [4.69, 9.17) is 11.6 Å². The highest BCUT2D eigenvalue weighted by molar-refractivity contribution is 7.11. The van der Waals surface area contributed by atoms with Crippen molar-refractivity contribution < 1.29 is 8.78 Å². The lowest BCUT2D eigenvalue weighted by molar-refractivity contribution is 0.652. The van der Waals surface area contributed by atoms with Gasteiger partial charge in [0.25, 0.3) is 0 Å². The molecular weight excluding hydrogens is 178 g/mol. The van der Waals surface area contributed by atoms with Crippen LogP contribution in [0.5, 0.6) is 0 Å². The molecule has 0 saturated heterocycles. The molecule has 0 fully saturated rings. The SMILES string of the molecule is FC(Cl)=C(F)c1cccs1. The zero-order chi connectivity index (χ0) is 7.56. The van der Waals surface area contributed by atoms with E-state index < -0.39 is 11.1 Å². The molecule has 0 aliphatic rings. The summed E-state index contributed by atoms with van der Waals surface area (Å²) >= 11 is 5.87. The molecular formula is C6H3ClF2S. The first-order chi connectivity index (χ1) is 4.72. The second kappa shape index (κ2) is 3.12. The lowest BCUT2D eigenvalue weighted by Crippen LogP contribution is -1.68. The van der Waals surface area contributed by atoms with Gasteiger partial charge in [0, 0.05) is 0 Å². The highest BCUT2D eigenvalue weighted by Gasteiger charge is 2.06. The molecule has 0 spiro atoms. The van der Waals surface area contributed by atoms with Crippen molar-refractivity contribution in [1.29, 1.82) is 0 Å². The van der Waals surface area contributed by atoms with Crippen molar-refractivity contribution >= 4 is 28.8 Å². The van der Waals surface area contributed by atoms with Gasteiger partial charge in [-0.25, -0.2) is 4.39 Å². The van der Waals surface area contributed by atoms with Gasteiger partial charge in [-0.2, -0.15) is 4.39 Å². The predicted octanol–water partition coefficient (Wildman–Crippen LogP) is 3.55. The largest absolute Gasteiger partial charge is 0.226 e. The normalized spacial score (nSPS) is 13.1. The topological polar surface area (TPSA) is 0 Å². The van der Waals surface area contributed by atoms with Crippen LogP contribution in [0.3, 0.4) is 0 Å². The molecule has 0 nitrogen and oxygen atoms in total. The van der Waals surface area contributed by atoms with E-state index in [1.54, 1.807) is 11.4 Å². The molecule has 1 aromatic heterocycles. The van der Waals surface area contributed by atoms with E-state index in [1.807, 2.05) is 0 Å². The van der Waals surface area contributed by atoms with E-state index in [0.717, 1.165) is 11.3 Å². The van der Waals surface area contributed by atoms with Crippen molar-refractivity contribution in [3.8, 4) is 0 Å². The van der Waals surface area contributed by atoms with Crippen LogP contribution in [-0.4, -0.2) is 0 Å². The van der Waals surface area contributed by atoms with Gasteiger partial charge in [-0.05, 0) is 23.0 Å². The van der Waals surface area contributed by atoms with Crippen molar-refractivity contribution in [2.24, 2.45) is 0 Å². The van der Waals surface area contributed by atoms with E-state index >= 15 is 0 Å². The number of hydrogen-bond acceptors (Lipinski definition) is 1. The summed E-state index contributed by atoms with van der Waals surface area (Å²) in [4.78, 5) is 0.215. The third-order valence-electron chi connectivity index (χ3n) is 0.903. The van der Waals surface area contributed by atoms with Crippen LogP contribution < -0.4 is 0 Å². The van der Waals surface area contributed by atoms with Crippen LogP contribution in [0, 0.1) is 0 Å². The second-order valence-corrected chi connectivity index (χ2v) is 2.83. The number of rotatable bonds is 1. The van der Waals surface area contributed by atoms with E-state index in [2.05, 4.69) is 0 Å². The van der Waals surface area contributed by atoms with Crippen LogP contribution in [0.1, 0.15) is 4.88 Å². The lowest BCUT2D eigenvalue weighted by atomic mass is 10.4. The first-order valence-corrected chi connectivity index (χ1v) is 3.72. The molecule has 0 bridgehead atoms. The fourth-order valence-corrected chi connectivity index (χ4v) is 1.31.